The van der Waals surface area contributed by atoms with Gasteiger partial charge in [-0.15, -0.1) is 0 Å². The molecule has 0 atom stereocenters. The summed E-state index contributed by atoms with van der Waals surface area (Å²) in [6.07, 6.45) is 4.95. The fraction of sp³-hybridized carbons (Fsp3) is 0.143. The van der Waals surface area contributed by atoms with Gasteiger partial charge in [-0.2, -0.15) is 0 Å². The van der Waals surface area contributed by atoms with Crippen LogP contribution in [0.3, 0.4) is 0 Å². The standard InChI is InChI=1S/C11H9N3.3CH3.3Pm/c1-3-8-7-9-4-2-6-13-11(9)14-10(8)12-5-1;;;;;;/h1,3-5,7H,2,6H2;3*1H3;;;/q;3*-1;;;. The van der Waals surface area contributed by atoms with E-state index in [0.29, 0.717) is 0 Å². The van der Waals surface area contributed by atoms with Gasteiger partial charge in [0.1, 0.15) is 0 Å². The van der Waals surface area contributed by atoms with Crippen LogP contribution in [-0.4, -0.2) is 16.5 Å². The molecule has 0 fully saturated rings. The second-order valence-corrected chi connectivity index (χ2v) is 3.33. The van der Waals surface area contributed by atoms with Gasteiger partial charge in [0.25, 0.3) is 0 Å². The van der Waals surface area contributed by atoms with Crippen molar-refractivity contribution in [1.29, 1.82) is 0 Å². The number of nitrogens with zero attached hydrogens (tertiary/aromatic N) is 3. The third-order valence-electron chi connectivity index (χ3n) is 2.35. The van der Waals surface area contributed by atoms with Crippen LogP contribution in [0.25, 0.3) is 17.1 Å². The molecule has 6 heteroatoms. The Balaban J connectivity index is -0.000000213. The molecule has 2 aromatic heterocycles. The average molecular weight is 663 g/mol. The van der Waals surface area contributed by atoms with Crippen LogP contribution < -0.4 is 10.7 Å². The van der Waals surface area contributed by atoms with Crippen LogP contribution in [0.15, 0.2) is 29.4 Å². The van der Waals surface area contributed by atoms with Crippen LogP contribution in [0.5, 0.6) is 0 Å². The summed E-state index contributed by atoms with van der Waals surface area (Å²) in [6, 6.07) is 6.06. The second kappa shape index (κ2) is 14.8. The molecule has 3 nitrogen and oxygen atoms in total. The first-order valence-electron chi connectivity index (χ1n) is 4.70. The van der Waals surface area contributed by atoms with E-state index in [0.717, 1.165) is 34.7 Å². The number of hydrogen-bond donors (Lipinski definition) is 0. The fourth-order valence-corrected chi connectivity index (χ4v) is 1.68. The first-order chi connectivity index (χ1) is 6.93. The summed E-state index contributed by atoms with van der Waals surface area (Å²) >= 11 is 0. The van der Waals surface area contributed by atoms with E-state index >= 15 is 0 Å². The molecule has 0 bridgehead atoms. The molecule has 20 heavy (non-hydrogen) atoms. The normalized spacial score (nSPS) is 10.0. The van der Waals surface area contributed by atoms with E-state index in [9.17, 15) is 0 Å². The second-order valence-electron chi connectivity index (χ2n) is 3.33. The van der Waals surface area contributed by atoms with Crippen molar-refractivity contribution in [1.82, 2.24) is 9.97 Å². The number of pyridine rings is 2. The number of hydrogen-bond acceptors (Lipinski definition) is 3. The third-order valence-corrected chi connectivity index (χ3v) is 2.35. The average Bonchev–Trinajstić information content (AvgIpc) is 2.26. The van der Waals surface area contributed by atoms with Gasteiger partial charge in [-0.3, -0.25) is 4.99 Å². The van der Waals surface area contributed by atoms with Crippen molar-refractivity contribution in [3.8, 4) is 0 Å². The summed E-state index contributed by atoms with van der Waals surface area (Å²) < 4.78 is 0. The van der Waals surface area contributed by atoms with E-state index in [1.165, 1.54) is 0 Å². The molecule has 0 spiro atoms. The summed E-state index contributed by atoms with van der Waals surface area (Å²) in [5, 5.41) is 2.22. The van der Waals surface area contributed by atoms with E-state index < -0.39 is 0 Å². The summed E-state index contributed by atoms with van der Waals surface area (Å²) in [5.74, 6) is 0. The molecule has 0 saturated heterocycles. The first kappa shape index (κ1) is 30.2. The van der Waals surface area contributed by atoms with E-state index in [1.54, 1.807) is 6.20 Å². The maximum Gasteiger partial charge on any atom is 0.161 e. The van der Waals surface area contributed by atoms with Crippen molar-refractivity contribution >= 4 is 17.1 Å². The molecule has 1 aliphatic rings. The smallest absolute Gasteiger partial charge is 0.161 e. The zero-order valence-corrected chi connectivity index (χ0v) is 20.6. The number of fused-ring (bicyclic) bond motifs is 2. The van der Waals surface area contributed by atoms with E-state index in [4.69, 9.17) is 0 Å². The minimum absolute atomic E-state index is 0. The molecule has 1 aliphatic heterocycles. The Labute approximate surface area is 219 Å². The molecule has 0 amide bonds. The van der Waals surface area contributed by atoms with Crippen LogP contribution in [0.2, 0.25) is 0 Å². The van der Waals surface area contributed by atoms with Gasteiger partial charge in [0.05, 0.1) is 0 Å². The zero-order valence-electron chi connectivity index (χ0n) is 12.0. The summed E-state index contributed by atoms with van der Waals surface area (Å²) in [7, 11) is 0. The van der Waals surface area contributed by atoms with Crippen LogP contribution in [0.4, 0.5) is 0 Å². The van der Waals surface area contributed by atoms with Crippen LogP contribution >= 0.6 is 0 Å². The zero-order chi connectivity index (χ0) is 9.38. The van der Waals surface area contributed by atoms with Crippen molar-refractivity contribution in [2.45, 2.75) is 6.42 Å². The quantitative estimate of drug-likeness (QED) is 0.404. The molecule has 3 radical (unpaired) electrons. The van der Waals surface area contributed by atoms with E-state index in [2.05, 4.69) is 27.1 Å². The SMILES string of the molecule is C1=c2cc3cccnc3nc2=NCC1.[CH3-].[CH3-].[CH3-].[Pm].[Pm].[Pm]. The Morgan fingerprint density at radius 3 is 2.40 bits per heavy atom. The Morgan fingerprint density at radius 1 is 1.00 bits per heavy atom. The van der Waals surface area contributed by atoms with Crippen molar-refractivity contribution in [3.05, 3.63) is 57.4 Å². The Hall–Kier alpha value is 2.24. The van der Waals surface area contributed by atoms with Crippen molar-refractivity contribution in [2.75, 3.05) is 6.54 Å². The van der Waals surface area contributed by atoms with Gasteiger partial charge < -0.3 is 22.3 Å². The van der Waals surface area contributed by atoms with Gasteiger partial charge in [0.2, 0.25) is 0 Å². The number of rotatable bonds is 0. The fourth-order valence-electron chi connectivity index (χ4n) is 1.68. The molecular weight excluding hydrogens is 645 g/mol. The minimum Gasteiger partial charge on any atom is -0.358 e. The molecule has 3 rings (SSSR count). The van der Waals surface area contributed by atoms with Gasteiger partial charge in [0, 0.05) is 145 Å². The predicted molar refractivity (Wildman–Crippen MR) is 73.5 cm³/mol. The van der Waals surface area contributed by atoms with Gasteiger partial charge in [-0.25, -0.2) is 9.97 Å². The maximum absolute atomic E-state index is 4.41. The van der Waals surface area contributed by atoms with E-state index in [1.807, 2.05) is 12.1 Å². The molecule has 0 aromatic carbocycles. The van der Waals surface area contributed by atoms with Crippen LogP contribution in [-0.2, 0) is 0 Å². The largest absolute Gasteiger partial charge is 0.358 e. The Morgan fingerprint density at radius 2 is 1.70 bits per heavy atom. The van der Waals surface area contributed by atoms with Gasteiger partial charge in [-0.05, 0) is 24.6 Å². The first-order valence-corrected chi connectivity index (χ1v) is 4.70. The maximum atomic E-state index is 4.41. The molecule has 3 heterocycles. The topological polar surface area (TPSA) is 38.1 Å². The Bertz CT molecular complexity index is 560. The molecule has 107 valence electrons. The predicted octanol–water partition coefficient (Wildman–Crippen LogP) is 1.78. The van der Waals surface area contributed by atoms with Gasteiger partial charge in [-0.1, -0.05) is 6.08 Å². The van der Waals surface area contributed by atoms with Crippen LogP contribution in [0, 0.1) is 143 Å². The summed E-state index contributed by atoms with van der Waals surface area (Å²) in [6.45, 7) is 0.846. The number of aromatic nitrogens is 2. The van der Waals surface area contributed by atoms with Crippen molar-refractivity contribution in [3.63, 3.8) is 0 Å². The van der Waals surface area contributed by atoms with Gasteiger partial charge >= 0.3 is 0 Å². The van der Waals surface area contributed by atoms with Gasteiger partial charge in [0.15, 0.2) is 11.1 Å². The molecular formula is C14H18N3Pm3-3. The van der Waals surface area contributed by atoms with Crippen LogP contribution in [0.1, 0.15) is 6.42 Å². The molecule has 2 aromatic rings. The minimum atomic E-state index is 0. The third kappa shape index (κ3) is 7.21. The molecule has 0 aliphatic carbocycles. The molecule has 0 unspecified atom stereocenters. The Kier molecular flexibility index (Phi) is 22.3. The summed E-state index contributed by atoms with van der Waals surface area (Å²) in [5.41, 5.74) is 1.62. The van der Waals surface area contributed by atoms with Crippen molar-refractivity contribution < 1.29 is 121 Å². The molecule has 0 saturated carbocycles. The molecule has 0 N–H and O–H groups in total. The summed E-state index contributed by atoms with van der Waals surface area (Å²) in [4.78, 5) is 13.0. The van der Waals surface area contributed by atoms with Crippen molar-refractivity contribution in [2.24, 2.45) is 4.99 Å². The van der Waals surface area contributed by atoms with E-state index in [-0.39, 0.29) is 143 Å². The monoisotopic (exact) mass is 663 g/mol.